The Morgan fingerprint density at radius 3 is 2.87 bits per heavy atom. The van der Waals surface area contributed by atoms with Crippen molar-refractivity contribution < 1.29 is 4.74 Å². The Kier molecular flexibility index (Phi) is 3.17. The molecular formula is C12H16ClNO. The van der Waals surface area contributed by atoms with E-state index in [1.54, 1.807) is 0 Å². The summed E-state index contributed by atoms with van der Waals surface area (Å²) in [4.78, 5) is 0. The molecule has 0 spiro atoms. The average Bonchev–Trinajstić information content (AvgIpc) is 2.59. The monoisotopic (exact) mass is 225 g/mol. The van der Waals surface area contributed by atoms with Crippen molar-refractivity contribution in [1.29, 1.82) is 0 Å². The van der Waals surface area contributed by atoms with Crippen molar-refractivity contribution in [3.8, 4) is 0 Å². The third kappa shape index (κ3) is 2.44. The summed E-state index contributed by atoms with van der Waals surface area (Å²) < 4.78 is 5.50. The van der Waals surface area contributed by atoms with Gasteiger partial charge in [-0.1, -0.05) is 17.7 Å². The van der Waals surface area contributed by atoms with Gasteiger partial charge in [-0.3, -0.25) is 0 Å². The molecule has 82 valence electrons. The van der Waals surface area contributed by atoms with Crippen LogP contribution in [-0.2, 0) is 4.74 Å². The lowest BCUT2D eigenvalue weighted by atomic mass is 10.1. The van der Waals surface area contributed by atoms with Crippen molar-refractivity contribution in [3.63, 3.8) is 0 Å². The van der Waals surface area contributed by atoms with Crippen molar-refractivity contribution >= 4 is 17.3 Å². The van der Waals surface area contributed by atoms with Crippen LogP contribution in [0.25, 0.3) is 0 Å². The molecule has 0 bridgehead atoms. The highest BCUT2D eigenvalue weighted by Crippen LogP contribution is 2.23. The molecule has 15 heavy (non-hydrogen) atoms. The minimum Gasteiger partial charge on any atom is -0.380 e. The molecule has 1 aliphatic heterocycles. The van der Waals surface area contributed by atoms with Gasteiger partial charge in [0.05, 0.1) is 12.1 Å². The smallest absolute Gasteiger partial charge is 0.0748 e. The number of hydrogen-bond acceptors (Lipinski definition) is 2. The largest absolute Gasteiger partial charge is 0.380 e. The van der Waals surface area contributed by atoms with E-state index in [0.29, 0.717) is 6.04 Å². The van der Waals surface area contributed by atoms with Gasteiger partial charge in [-0.25, -0.2) is 0 Å². The number of nitrogens with one attached hydrogen (secondary N) is 1. The summed E-state index contributed by atoms with van der Waals surface area (Å²) in [5, 5.41) is 4.26. The molecule has 0 amide bonds. The van der Waals surface area contributed by atoms with Crippen LogP contribution in [0.3, 0.4) is 0 Å². The number of anilines is 1. The summed E-state index contributed by atoms with van der Waals surface area (Å²) in [5.74, 6) is 0. The van der Waals surface area contributed by atoms with Crippen LogP contribution in [0, 0.1) is 6.92 Å². The number of rotatable bonds is 2. The maximum atomic E-state index is 6.06. The zero-order chi connectivity index (χ0) is 10.8. The SMILES string of the molecule is Cc1ccc(N[C@H]2CCO[C@@H]2C)cc1Cl. The Morgan fingerprint density at radius 2 is 2.27 bits per heavy atom. The Labute approximate surface area is 95.6 Å². The molecule has 0 unspecified atom stereocenters. The Hall–Kier alpha value is -0.730. The fourth-order valence-electron chi connectivity index (χ4n) is 1.82. The molecule has 1 aromatic rings. The number of aryl methyl sites for hydroxylation is 1. The van der Waals surface area contributed by atoms with E-state index >= 15 is 0 Å². The second-order valence-corrected chi connectivity index (χ2v) is 4.49. The predicted octanol–water partition coefficient (Wildman–Crippen LogP) is 3.24. The third-order valence-electron chi connectivity index (χ3n) is 2.90. The molecule has 3 heteroatoms. The molecule has 0 radical (unpaired) electrons. The molecular weight excluding hydrogens is 210 g/mol. The van der Waals surface area contributed by atoms with Crippen LogP contribution in [0.5, 0.6) is 0 Å². The summed E-state index contributed by atoms with van der Waals surface area (Å²) in [6, 6.07) is 6.48. The second-order valence-electron chi connectivity index (χ2n) is 4.08. The van der Waals surface area contributed by atoms with E-state index in [2.05, 4.69) is 18.3 Å². The molecule has 1 aliphatic rings. The van der Waals surface area contributed by atoms with E-state index in [1.807, 2.05) is 19.1 Å². The van der Waals surface area contributed by atoms with E-state index in [9.17, 15) is 0 Å². The van der Waals surface area contributed by atoms with Crippen molar-refractivity contribution in [2.45, 2.75) is 32.4 Å². The first-order chi connectivity index (χ1) is 7.16. The molecule has 0 aliphatic carbocycles. The summed E-state index contributed by atoms with van der Waals surface area (Å²) >= 11 is 6.06. The minimum absolute atomic E-state index is 0.282. The van der Waals surface area contributed by atoms with E-state index in [-0.39, 0.29) is 6.10 Å². The van der Waals surface area contributed by atoms with E-state index in [4.69, 9.17) is 16.3 Å². The van der Waals surface area contributed by atoms with Crippen LogP contribution in [0.1, 0.15) is 18.9 Å². The number of benzene rings is 1. The maximum Gasteiger partial charge on any atom is 0.0748 e. The van der Waals surface area contributed by atoms with E-state index < -0.39 is 0 Å². The van der Waals surface area contributed by atoms with Gasteiger partial charge in [-0.15, -0.1) is 0 Å². The fraction of sp³-hybridized carbons (Fsp3) is 0.500. The Morgan fingerprint density at radius 1 is 1.47 bits per heavy atom. The highest BCUT2D eigenvalue weighted by Gasteiger charge is 2.23. The zero-order valence-electron chi connectivity index (χ0n) is 9.09. The first kappa shape index (κ1) is 10.8. The van der Waals surface area contributed by atoms with Gasteiger partial charge in [0.2, 0.25) is 0 Å². The van der Waals surface area contributed by atoms with Crippen LogP contribution in [-0.4, -0.2) is 18.8 Å². The first-order valence-electron chi connectivity index (χ1n) is 5.31. The molecule has 1 fully saturated rings. The van der Waals surface area contributed by atoms with Crippen LogP contribution < -0.4 is 5.32 Å². The van der Waals surface area contributed by atoms with Gasteiger partial charge in [0.25, 0.3) is 0 Å². The number of ether oxygens (including phenoxy) is 1. The first-order valence-corrected chi connectivity index (χ1v) is 5.69. The highest BCUT2D eigenvalue weighted by atomic mass is 35.5. The summed E-state index contributed by atoms with van der Waals surface area (Å²) in [7, 11) is 0. The van der Waals surface area contributed by atoms with Crippen LogP contribution in [0.15, 0.2) is 18.2 Å². The quantitative estimate of drug-likeness (QED) is 0.835. The van der Waals surface area contributed by atoms with Gasteiger partial charge in [0, 0.05) is 17.3 Å². The molecule has 1 aromatic carbocycles. The molecule has 1 heterocycles. The summed E-state index contributed by atoms with van der Waals surface area (Å²) in [6.45, 7) is 4.95. The van der Waals surface area contributed by atoms with Gasteiger partial charge < -0.3 is 10.1 Å². The highest BCUT2D eigenvalue weighted by molar-refractivity contribution is 6.31. The van der Waals surface area contributed by atoms with E-state index in [1.165, 1.54) is 0 Å². The normalized spacial score (nSPS) is 25.5. The van der Waals surface area contributed by atoms with Gasteiger partial charge in [-0.05, 0) is 38.0 Å². The van der Waals surface area contributed by atoms with Crippen molar-refractivity contribution in [3.05, 3.63) is 28.8 Å². The van der Waals surface area contributed by atoms with Crippen molar-refractivity contribution in [2.75, 3.05) is 11.9 Å². The third-order valence-corrected chi connectivity index (χ3v) is 3.31. The molecule has 2 rings (SSSR count). The topological polar surface area (TPSA) is 21.3 Å². The number of halogens is 1. The molecule has 0 aromatic heterocycles. The fourth-order valence-corrected chi connectivity index (χ4v) is 2.00. The molecule has 2 atom stereocenters. The summed E-state index contributed by atoms with van der Waals surface area (Å²) in [6.07, 6.45) is 1.34. The van der Waals surface area contributed by atoms with E-state index in [0.717, 1.165) is 29.3 Å². The lowest BCUT2D eigenvalue weighted by Crippen LogP contribution is -2.26. The van der Waals surface area contributed by atoms with Crippen LogP contribution in [0.2, 0.25) is 5.02 Å². The molecule has 2 nitrogen and oxygen atoms in total. The second kappa shape index (κ2) is 4.42. The Balaban J connectivity index is 2.07. The lowest BCUT2D eigenvalue weighted by molar-refractivity contribution is 0.121. The predicted molar refractivity (Wildman–Crippen MR) is 63.6 cm³/mol. The van der Waals surface area contributed by atoms with Crippen LogP contribution in [0.4, 0.5) is 5.69 Å². The van der Waals surface area contributed by atoms with Gasteiger partial charge >= 0.3 is 0 Å². The van der Waals surface area contributed by atoms with Crippen molar-refractivity contribution in [1.82, 2.24) is 0 Å². The Bertz CT molecular complexity index is 353. The molecule has 1 N–H and O–H groups in total. The number of hydrogen-bond donors (Lipinski definition) is 1. The summed E-state index contributed by atoms with van der Waals surface area (Å²) in [5.41, 5.74) is 2.19. The average molecular weight is 226 g/mol. The maximum absolute atomic E-state index is 6.06. The van der Waals surface area contributed by atoms with Gasteiger partial charge in [-0.2, -0.15) is 0 Å². The molecule has 1 saturated heterocycles. The van der Waals surface area contributed by atoms with Crippen molar-refractivity contribution in [2.24, 2.45) is 0 Å². The minimum atomic E-state index is 0.282. The standard InChI is InChI=1S/C12H16ClNO/c1-8-3-4-10(7-11(8)13)14-12-5-6-15-9(12)2/h3-4,7,9,12,14H,5-6H2,1-2H3/t9-,12+/m1/s1. The molecule has 0 saturated carbocycles. The van der Waals surface area contributed by atoms with Gasteiger partial charge in [0.15, 0.2) is 0 Å². The zero-order valence-corrected chi connectivity index (χ0v) is 9.84. The lowest BCUT2D eigenvalue weighted by Gasteiger charge is -2.17. The van der Waals surface area contributed by atoms with Crippen LogP contribution >= 0.6 is 11.6 Å². The van der Waals surface area contributed by atoms with Gasteiger partial charge in [0.1, 0.15) is 0 Å².